The van der Waals surface area contributed by atoms with Gasteiger partial charge in [0.1, 0.15) is 5.01 Å². The number of halogens is 2. The summed E-state index contributed by atoms with van der Waals surface area (Å²) in [5, 5.41) is 5.25. The summed E-state index contributed by atoms with van der Waals surface area (Å²) < 4.78 is 1.000. The van der Waals surface area contributed by atoms with Gasteiger partial charge in [0.25, 0.3) is 0 Å². The van der Waals surface area contributed by atoms with Crippen LogP contribution in [0.15, 0.2) is 22.7 Å². The molecular weight excluding hydrogens is 356 g/mol. The number of aromatic nitrogens is 1. The van der Waals surface area contributed by atoms with Gasteiger partial charge in [-0.15, -0.1) is 11.3 Å². The largest absolute Gasteiger partial charge is 0.307 e. The van der Waals surface area contributed by atoms with E-state index in [1.54, 1.807) is 0 Å². The molecule has 0 fully saturated rings. The summed E-state index contributed by atoms with van der Waals surface area (Å²) in [5.74, 6) is 0. The second kappa shape index (κ2) is 6.14. The Morgan fingerprint density at radius 1 is 1.35 bits per heavy atom. The van der Waals surface area contributed by atoms with Gasteiger partial charge in [0.15, 0.2) is 0 Å². The quantitative estimate of drug-likeness (QED) is 0.842. The molecule has 106 valence electrons. The number of fused-ring (bicyclic) bond motifs is 1. The Kier molecular flexibility index (Phi) is 4.46. The molecule has 1 aliphatic rings. The van der Waals surface area contributed by atoms with Gasteiger partial charge in [-0.05, 0) is 50.4 Å². The highest BCUT2D eigenvalue weighted by molar-refractivity contribution is 9.10. The van der Waals surface area contributed by atoms with Crippen LogP contribution in [0.4, 0.5) is 0 Å². The zero-order valence-electron chi connectivity index (χ0n) is 11.2. The van der Waals surface area contributed by atoms with Crippen molar-refractivity contribution in [3.05, 3.63) is 48.8 Å². The minimum atomic E-state index is 0.0752. The van der Waals surface area contributed by atoms with Crippen molar-refractivity contribution >= 4 is 38.9 Å². The summed E-state index contributed by atoms with van der Waals surface area (Å²) in [5.41, 5.74) is 2.38. The number of benzene rings is 1. The van der Waals surface area contributed by atoms with Crippen molar-refractivity contribution in [1.29, 1.82) is 0 Å². The van der Waals surface area contributed by atoms with E-state index < -0.39 is 0 Å². The smallest absolute Gasteiger partial charge is 0.115 e. The van der Waals surface area contributed by atoms with Crippen LogP contribution < -0.4 is 5.32 Å². The predicted octanol–water partition coefficient (Wildman–Crippen LogP) is 4.75. The maximum Gasteiger partial charge on any atom is 0.115 e. The predicted molar refractivity (Wildman–Crippen MR) is 88.8 cm³/mol. The fraction of sp³-hybridized carbons (Fsp3) is 0.400. The second-order valence-corrected chi connectivity index (χ2v) is 7.45. The normalized spacial score (nSPS) is 15.9. The minimum absolute atomic E-state index is 0.0752. The van der Waals surface area contributed by atoms with Crippen molar-refractivity contribution in [2.75, 3.05) is 7.05 Å². The summed E-state index contributed by atoms with van der Waals surface area (Å²) in [7, 11) is 1.96. The third-order valence-electron chi connectivity index (χ3n) is 3.67. The second-order valence-electron chi connectivity index (χ2n) is 5.02. The number of thiazole rings is 1. The average molecular weight is 372 g/mol. The molecule has 1 heterocycles. The van der Waals surface area contributed by atoms with E-state index in [1.165, 1.54) is 29.8 Å². The first-order valence-corrected chi connectivity index (χ1v) is 8.78. The van der Waals surface area contributed by atoms with Gasteiger partial charge in [-0.2, -0.15) is 0 Å². The van der Waals surface area contributed by atoms with E-state index in [4.69, 9.17) is 16.6 Å². The standard InChI is InChI=1S/C15H16BrClN2S/c1-18-14(10-7-6-9(16)8-11(10)17)15-19-12-4-2-3-5-13(12)20-15/h6-8,14,18H,2-5H2,1H3. The summed E-state index contributed by atoms with van der Waals surface area (Å²) in [6.45, 7) is 0. The average Bonchev–Trinajstić information content (AvgIpc) is 2.85. The van der Waals surface area contributed by atoms with Crippen molar-refractivity contribution in [3.8, 4) is 0 Å². The van der Waals surface area contributed by atoms with Gasteiger partial charge < -0.3 is 5.32 Å². The minimum Gasteiger partial charge on any atom is -0.307 e. The molecule has 0 aliphatic heterocycles. The van der Waals surface area contributed by atoms with Crippen LogP contribution in [0.5, 0.6) is 0 Å². The lowest BCUT2D eigenvalue weighted by Crippen LogP contribution is -2.18. The van der Waals surface area contributed by atoms with E-state index in [1.807, 2.05) is 30.5 Å². The number of hydrogen-bond donors (Lipinski definition) is 1. The summed E-state index contributed by atoms with van der Waals surface area (Å²) in [4.78, 5) is 6.31. The van der Waals surface area contributed by atoms with E-state index >= 15 is 0 Å². The molecule has 0 radical (unpaired) electrons. The maximum atomic E-state index is 6.39. The third-order valence-corrected chi connectivity index (χ3v) is 5.71. The Morgan fingerprint density at radius 3 is 2.85 bits per heavy atom. The molecule has 0 amide bonds. The Labute approximate surface area is 136 Å². The molecule has 2 nitrogen and oxygen atoms in total. The lowest BCUT2D eigenvalue weighted by Gasteiger charge is -2.15. The van der Waals surface area contributed by atoms with Crippen LogP contribution in [0, 0.1) is 0 Å². The molecule has 20 heavy (non-hydrogen) atoms. The van der Waals surface area contributed by atoms with Gasteiger partial charge in [0, 0.05) is 14.4 Å². The van der Waals surface area contributed by atoms with Crippen molar-refractivity contribution in [2.24, 2.45) is 0 Å². The zero-order valence-corrected chi connectivity index (χ0v) is 14.4. The van der Waals surface area contributed by atoms with Gasteiger partial charge in [-0.25, -0.2) is 4.98 Å². The lowest BCUT2D eigenvalue weighted by molar-refractivity contribution is 0.661. The molecule has 2 aromatic rings. The summed E-state index contributed by atoms with van der Waals surface area (Å²) in [6, 6.07) is 6.10. The Bertz CT molecular complexity index is 603. The highest BCUT2D eigenvalue weighted by atomic mass is 79.9. The Balaban J connectivity index is 1.98. The molecule has 3 rings (SSSR count). The fourth-order valence-corrected chi connectivity index (χ4v) is 4.71. The molecule has 0 saturated heterocycles. The molecule has 1 atom stereocenters. The third kappa shape index (κ3) is 2.80. The molecule has 5 heteroatoms. The van der Waals surface area contributed by atoms with Crippen molar-refractivity contribution in [1.82, 2.24) is 10.3 Å². The van der Waals surface area contributed by atoms with E-state index in [0.29, 0.717) is 0 Å². The number of hydrogen-bond acceptors (Lipinski definition) is 3. The summed E-state index contributed by atoms with van der Waals surface area (Å²) in [6.07, 6.45) is 4.85. The highest BCUT2D eigenvalue weighted by Crippen LogP contribution is 2.35. The van der Waals surface area contributed by atoms with E-state index in [-0.39, 0.29) is 6.04 Å². The molecule has 0 saturated carbocycles. The van der Waals surface area contributed by atoms with Gasteiger partial charge >= 0.3 is 0 Å². The molecule has 0 spiro atoms. The first-order valence-electron chi connectivity index (χ1n) is 6.79. The van der Waals surface area contributed by atoms with Crippen molar-refractivity contribution in [3.63, 3.8) is 0 Å². The van der Waals surface area contributed by atoms with Gasteiger partial charge in [-0.1, -0.05) is 33.6 Å². The number of nitrogens with one attached hydrogen (secondary N) is 1. The molecule has 0 bridgehead atoms. The van der Waals surface area contributed by atoms with Crippen LogP contribution in [-0.2, 0) is 12.8 Å². The molecule has 1 aliphatic carbocycles. The number of nitrogens with zero attached hydrogens (tertiary/aromatic N) is 1. The fourth-order valence-electron chi connectivity index (χ4n) is 2.64. The van der Waals surface area contributed by atoms with Crippen LogP contribution >= 0.6 is 38.9 Å². The SMILES string of the molecule is CNC(c1nc2c(s1)CCCC2)c1ccc(Br)cc1Cl. The molecule has 1 unspecified atom stereocenters. The van der Waals surface area contributed by atoms with Gasteiger partial charge in [0.05, 0.1) is 11.7 Å². The number of rotatable bonds is 3. The van der Waals surface area contributed by atoms with Gasteiger partial charge in [-0.3, -0.25) is 0 Å². The zero-order chi connectivity index (χ0) is 14.1. The van der Waals surface area contributed by atoms with Crippen LogP contribution in [0.25, 0.3) is 0 Å². The highest BCUT2D eigenvalue weighted by Gasteiger charge is 2.22. The van der Waals surface area contributed by atoms with E-state index in [0.717, 1.165) is 26.5 Å². The van der Waals surface area contributed by atoms with Crippen molar-refractivity contribution in [2.45, 2.75) is 31.7 Å². The maximum absolute atomic E-state index is 6.39. The van der Waals surface area contributed by atoms with Crippen LogP contribution in [-0.4, -0.2) is 12.0 Å². The molecule has 1 aromatic heterocycles. The topological polar surface area (TPSA) is 24.9 Å². The first-order chi connectivity index (χ1) is 9.69. The summed E-state index contributed by atoms with van der Waals surface area (Å²) >= 11 is 11.7. The first kappa shape index (κ1) is 14.5. The monoisotopic (exact) mass is 370 g/mol. The van der Waals surface area contributed by atoms with Crippen LogP contribution in [0.2, 0.25) is 5.02 Å². The van der Waals surface area contributed by atoms with E-state index in [2.05, 4.69) is 27.3 Å². The number of aryl methyl sites for hydroxylation is 2. The molecular formula is C15H16BrClN2S. The Hall–Kier alpha value is -0.420. The van der Waals surface area contributed by atoms with Gasteiger partial charge in [0.2, 0.25) is 0 Å². The molecule has 1 aromatic carbocycles. The van der Waals surface area contributed by atoms with Crippen LogP contribution in [0.1, 0.15) is 40.0 Å². The van der Waals surface area contributed by atoms with Crippen molar-refractivity contribution < 1.29 is 0 Å². The Morgan fingerprint density at radius 2 is 2.15 bits per heavy atom. The van der Waals surface area contributed by atoms with Crippen LogP contribution in [0.3, 0.4) is 0 Å². The van der Waals surface area contributed by atoms with E-state index in [9.17, 15) is 0 Å². The lowest BCUT2D eigenvalue weighted by atomic mass is 10.0. The molecule has 1 N–H and O–H groups in total.